The minimum Gasteiger partial charge on any atom is -0.379 e. The van der Waals surface area contributed by atoms with Crippen molar-refractivity contribution in [2.75, 3.05) is 32.7 Å². The lowest BCUT2D eigenvalue weighted by Gasteiger charge is -2.39. The minimum absolute atomic E-state index is 0.0969. The third-order valence-corrected chi connectivity index (χ3v) is 5.97. The first-order valence-corrected chi connectivity index (χ1v) is 10.2. The van der Waals surface area contributed by atoms with Crippen LogP contribution in [0, 0.1) is 17.6 Å². The van der Waals surface area contributed by atoms with Gasteiger partial charge in [0.1, 0.15) is 0 Å². The van der Waals surface area contributed by atoms with E-state index < -0.39 is 17.2 Å². The summed E-state index contributed by atoms with van der Waals surface area (Å²) >= 11 is 0. The first-order valence-electron chi connectivity index (χ1n) is 10.2. The number of piperidine rings is 2. The number of hydrogen-bond donors (Lipinski definition) is 2. The highest BCUT2D eigenvalue weighted by Gasteiger charge is 2.42. The maximum absolute atomic E-state index is 13.4. The van der Waals surface area contributed by atoms with Crippen molar-refractivity contribution in [2.45, 2.75) is 44.8 Å². The standard InChI is InChI=1S/C21H29F2N3O3/c1-15(27)25-9-5-16(6-10-25)12-24-14-21(29)7-2-8-26(20(21)28)13-17-3-4-18(22)19(23)11-17/h3-4,11,16,24,29H,2,5-10,12-14H2,1H3. The van der Waals surface area contributed by atoms with E-state index in [-0.39, 0.29) is 24.9 Å². The lowest BCUT2D eigenvalue weighted by atomic mass is 9.90. The smallest absolute Gasteiger partial charge is 0.256 e. The van der Waals surface area contributed by atoms with Crippen LogP contribution in [0.15, 0.2) is 18.2 Å². The fourth-order valence-electron chi connectivity index (χ4n) is 4.17. The SMILES string of the molecule is CC(=O)N1CCC(CNCC2(O)CCCN(Cc3ccc(F)c(F)c3)C2=O)CC1. The van der Waals surface area contributed by atoms with Crippen molar-refractivity contribution in [2.24, 2.45) is 5.92 Å². The second-order valence-electron chi connectivity index (χ2n) is 8.19. The number of carbonyl (C=O) groups excluding carboxylic acids is 2. The Morgan fingerprint density at radius 1 is 1.24 bits per heavy atom. The van der Waals surface area contributed by atoms with Gasteiger partial charge in [0, 0.05) is 39.6 Å². The van der Waals surface area contributed by atoms with E-state index in [1.54, 1.807) is 6.92 Å². The van der Waals surface area contributed by atoms with Gasteiger partial charge in [-0.1, -0.05) is 6.07 Å². The molecule has 8 heteroatoms. The van der Waals surface area contributed by atoms with Gasteiger partial charge in [0.2, 0.25) is 5.91 Å². The van der Waals surface area contributed by atoms with Gasteiger partial charge in [0.15, 0.2) is 17.2 Å². The fraction of sp³-hybridized carbons (Fsp3) is 0.619. The monoisotopic (exact) mass is 409 g/mol. The topological polar surface area (TPSA) is 72.9 Å². The Labute approximate surface area is 169 Å². The van der Waals surface area contributed by atoms with Crippen LogP contribution in [0.4, 0.5) is 8.78 Å². The van der Waals surface area contributed by atoms with Gasteiger partial charge < -0.3 is 20.2 Å². The molecule has 1 atom stereocenters. The summed E-state index contributed by atoms with van der Waals surface area (Å²) in [5.74, 6) is -1.74. The quantitative estimate of drug-likeness (QED) is 0.750. The van der Waals surface area contributed by atoms with Crippen LogP contribution in [-0.4, -0.2) is 65.0 Å². The molecule has 2 aliphatic heterocycles. The van der Waals surface area contributed by atoms with Crippen LogP contribution in [0.1, 0.15) is 38.2 Å². The van der Waals surface area contributed by atoms with Crippen LogP contribution >= 0.6 is 0 Å². The van der Waals surface area contributed by atoms with Gasteiger partial charge in [-0.25, -0.2) is 8.78 Å². The summed E-state index contributed by atoms with van der Waals surface area (Å²) in [6.07, 6.45) is 2.82. The molecule has 0 bridgehead atoms. The molecule has 2 saturated heterocycles. The van der Waals surface area contributed by atoms with Crippen molar-refractivity contribution in [3.05, 3.63) is 35.4 Å². The zero-order valence-corrected chi connectivity index (χ0v) is 16.8. The molecule has 1 aromatic carbocycles. The van der Waals surface area contributed by atoms with Crippen LogP contribution in [0.5, 0.6) is 0 Å². The normalized spacial score (nSPS) is 23.5. The third-order valence-electron chi connectivity index (χ3n) is 5.97. The molecule has 6 nitrogen and oxygen atoms in total. The number of aliphatic hydroxyl groups is 1. The van der Waals surface area contributed by atoms with Crippen LogP contribution in [0.3, 0.4) is 0 Å². The molecule has 2 fully saturated rings. The summed E-state index contributed by atoms with van der Waals surface area (Å²) in [7, 11) is 0. The van der Waals surface area contributed by atoms with E-state index in [4.69, 9.17) is 0 Å². The highest BCUT2D eigenvalue weighted by atomic mass is 19.2. The lowest BCUT2D eigenvalue weighted by Crippen LogP contribution is -2.58. The first kappa shape index (κ1) is 21.6. The van der Waals surface area contributed by atoms with Gasteiger partial charge in [-0.3, -0.25) is 9.59 Å². The Balaban J connectivity index is 1.50. The van der Waals surface area contributed by atoms with E-state index in [0.717, 1.165) is 38.1 Å². The zero-order chi connectivity index (χ0) is 21.0. The van der Waals surface area contributed by atoms with E-state index in [9.17, 15) is 23.5 Å². The van der Waals surface area contributed by atoms with Crippen LogP contribution in [0.25, 0.3) is 0 Å². The van der Waals surface area contributed by atoms with Crippen LogP contribution in [-0.2, 0) is 16.1 Å². The van der Waals surface area contributed by atoms with E-state index >= 15 is 0 Å². The highest BCUT2D eigenvalue weighted by Crippen LogP contribution is 2.25. The van der Waals surface area contributed by atoms with Crippen molar-refractivity contribution in [1.29, 1.82) is 0 Å². The molecule has 2 heterocycles. The largest absolute Gasteiger partial charge is 0.379 e. The number of amides is 2. The summed E-state index contributed by atoms with van der Waals surface area (Å²) in [5, 5.41) is 14.1. The lowest BCUT2D eigenvalue weighted by molar-refractivity contribution is -0.157. The summed E-state index contributed by atoms with van der Waals surface area (Å²) in [6.45, 7) is 4.53. The Hall–Kier alpha value is -2.06. The summed E-state index contributed by atoms with van der Waals surface area (Å²) < 4.78 is 26.5. The molecule has 160 valence electrons. The van der Waals surface area contributed by atoms with Gasteiger partial charge in [-0.15, -0.1) is 0 Å². The predicted octanol–water partition coefficient (Wildman–Crippen LogP) is 1.67. The van der Waals surface area contributed by atoms with Crippen LogP contribution in [0.2, 0.25) is 0 Å². The van der Waals surface area contributed by atoms with Crippen molar-refractivity contribution >= 4 is 11.8 Å². The molecule has 2 amide bonds. The fourth-order valence-corrected chi connectivity index (χ4v) is 4.17. The number of nitrogens with one attached hydrogen (secondary N) is 1. The minimum atomic E-state index is -1.49. The van der Waals surface area contributed by atoms with Crippen LogP contribution < -0.4 is 5.32 Å². The molecule has 0 aromatic heterocycles. The molecule has 2 N–H and O–H groups in total. The number of rotatable bonds is 6. The van der Waals surface area contributed by atoms with E-state index in [0.29, 0.717) is 37.4 Å². The molecule has 3 rings (SSSR count). The van der Waals surface area contributed by atoms with E-state index in [1.807, 2.05) is 4.90 Å². The molecule has 1 aromatic rings. The molecule has 0 spiro atoms. The number of halogens is 2. The number of likely N-dealkylation sites (tertiary alicyclic amines) is 2. The molecule has 0 radical (unpaired) electrons. The number of hydrogen-bond acceptors (Lipinski definition) is 4. The summed E-state index contributed by atoms with van der Waals surface area (Å²) in [4.78, 5) is 27.6. The molecule has 29 heavy (non-hydrogen) atoms. The van der Waals surface area contributed by atoms with Crippen molar-refractivity contribution in [1.82, 2.24) is 15.1 Å². The van der Waals surface area contributed by atoms with Crippen molar-refractivity contribution in [3.63, 3.8) is 0 Å². The Kier molecular flexibility index (Phi) is 6.85. The van der Waals surface area contributed by atoms with Gasteiger partial charge in [0.05, 0.1) is 0 Å². The Bertz CT molecular complexity index is 753. The molecular formula is C21H29F2N3O3. The average molecular weight is 409 g/mol. The maximum Gasteiger partial charge on any atom is 0.256 e. The number of nitrogens with zero attached hydrogens (tertiary/aromatic N) is 2. The second-order valence-corrected chi connectivity index (χ2v) is 8.19. The average Bonchev–Trinajstić information content (AvgIpc) is 2.69. The highest BCUT2D eigenvalue weighted by molar-refractivity contribution is 5.86. The second kappa shape index (κ2) is 9.17. The maximum atomic E-state index is 13.4. The number of carbonyl (C=O) groups is 2. The van der Waals surface area contributed by atoms with E-state index in [1.165, 1.54) is 11.0 Å². The summed E-state index contributed by atoms with van der Waals surface area (Å²) in [6, 6.07) is 3.58. The molecule has 1 unspecified atom stereocenters. The van der Waals surface area contributed by atoms with Gasteiger partial charge in [0.25, 0.3) is 5.91 Å². The third kappa shape index (κ3) is 5.30. The van der Waals surface area contributed by atoms with Gasteiger partial charge in [-0.05, 0) is 55.8 Å². The Morgan fingerprint density at radius 3 is 2.62 bits per heavy atom. The van der Waals surface area contributed by atoms with Crippen molar-refractivity contribution in [3.8, 4) is 0 Å². The van der Waals surface area contributed by atoms with Gasteiger partial charge >= 0.3 is 0 Å². The van der Waals surface area contributed by atoms with Gasteiger partial charge in [-0.2, -0.15) is 0 Å². The molecular weight excluding hydrogens is 380 g/mol. The number of benzene rings is 1. The predicted molar refractivity (Wildman–Crippen MR) is 104 cm³/mol. The van der Waals surface area contributed by atoms with E-state index in [2.05, 4.69) is 5.32 Å². The first-order chi connectivity index (χ1) is 13.8. The zero-order valence-electron chi connectivity index (χ0n) is 16.8. The summed E-state index contributed by atoms with van der Waals surface area (Å²) in [5.41, 5.74) is -0.997. The Morgan fingerprint density at radius 2 is 1.97 bits per heavy atom. The molecule has 0 saturated carbocycles. The van der Waals surface area contributed by atoms with Crippen molar-refractivity contribution < 1.29 is 23.5 Å². The molecule has 0 aliphatic carbocycles. The molecule has 2 aliphatic rings.